The molecule has 0 amide bonds. The maximum Gasteiger partial charge on any atom is 0.216 e. The highest BCUT2D eigenvalue weighted by atomic mass is 32.2. The summed E-state index contributed by atoms with van der Waals surface area (Å²) in [6.07, 6.45) is 2.66. The van der Waals surface area contributed by atoms with Gasteiger partial charge in [-0.15, -0.1) is 0 Å². The van der Waals surface area contributed by atoms with Crippen LogP contribution in [0.5, 0.6) is 0 Å². The van der Waals surface area contributed by atoms with Gasteiger partial charge >= 0.3 is 0 Å². The van der Waals surface area contributed by atoms with Crippen molar-refractivity contribution in [3.63, 3.8) is 0 Å². The summed E-state index contributed by atoms with van der Waals surface area (Å²) < 4.78 is 25.7. The predicted molar refractivity (Wildman–Crippen MR) is 66.3 cm³/mol. The molecule has 1 atom stereocenters. The third kappa shape index (κ3) is 2.24. The van der Waals surface area contributed by atoms with E-state index in [9.17, 15) is 8.42 Å². The molecule has 1 unspecified atom stereocenters. The zero-order valence-electron chi connectivity index (χ0n) is 10.5. The predicted octanol–water partition coefficient (Wildman–Crippen LogP) is 1.25. The van der Waals surface area contributed by atoms with E-state index < -0.39 is 10.0 Å². The number of nitrogens with zero attached hydrogens (tertiary/aromatic N) is 2. The number of sulfonamides is 1. The molecule has 0 spiro atoms. The molecule has 0 radical (unpaired) electrons. The van der Waals surface area contributed by atoms with Crippen molar-refractivity contribution in [1.29, 1.82) is 0 Å². The van der Waals surface area contributed by atoms with E-state index in [1.165, 1.54) is 0 Å². The molecule has 2 rings (SSSR count). The minimum absolute atomic E-state index is 0.256. The van der Waals surface area contributed by atoms with Crippen LogP contribution in [0.2, 0.25) is 0 Å². The van der Waals surface area contributed by atoms with E-state index >= 15 is 0 Å². The fraction of sp³-hybridized carbons (Fsp3) is 0.727. The molecule has 1 aliphatic heterocycles. The van der Waals surface area contributed by atoms with Crippen LogP contribution in [-0.2, 0) is 10.0 Å². The van der Waals surface area contributed by atoms with Gasteiger partial charge in [0.15, 0.2) is 0 Å². The maximum atomic E-state index is 12.0. The summed E-state index contributed by atoms with van der Waals surface area (Å²) in [4.78, 5) is 0. The molecule has 0 bridgehead atoms. The van der Waals surface area contributed by atoms with Gasteiger partial charge in [0.2, 0.25) is 10.0 Å². The second-order valence-corrected chi connectivity index (χ2v) is 7.39. The molecule has 96 valence electrons. The summed E-state index contributed by atoms with van der Waals surface area (Å²) in [5.41, 5.74) is 2.19. The Kier molecular flexibility index (Phi) is 3.27. The van der Waals surface area contributed by atoms with Gasteiger partial charge in [0.25, 0.3) is 0 Å². The van der Waals surface area contributed by atoms with Crippen molar-refractivity contribution in [3.05, 3.63) is 17.5 Å². The van der Waals surface area contributed by atoms with Crippen molar-refractivity contribution in [1.82, 2.24) is 14.5 Å². The number of rotatable bonds is 3. The number of H-pyrrole nitrogens is 1. The summed E-state index contributed by atoms with van der Waals surface area (Å²) in [5.74, 6) is 0.256. The molecule has 1 N–H and O–H groups in total. The summed E-state index contributed by atoms with van der Waals surface area (Å²) in [5, 5.41) is 6.63. The van der Waals surface area contributed by atoms with E-state index in [2.05, 4.69) is 10.2 Å². The van der Waals surface area contributed by atoms with E-state index in [-0.39, 0.29) is 11.2 Å². The summed E-state index contributed by atoms with van der Waals surface area (Å²) in [6, 6.07) is 0. The second kappa shape index (κ2) is 4.42. The SMILES string of the molecule is Cc1cn[nH]c1C1CCN(S(=O)(=O)C(C)C)C1. The molecule has 1 aromatic heterocycles. The van der Waals surface area contributed by atoms with Gasteiger partial charge in [0.1, 0.15) is 0 Å². The van der Waals surface area contributed by atoms with Gasteiger partial charge in [0.05, 0.1) is 11.4 Å². The van der Waals surface area contributed by atoms with Crippen LogP contribution >= 0.6 is 0 Å². The largest absolute Gasteiger partial charge is 0.282 e. The maximum absolute atomic E-state index is 12.0. The van der Waals surface area contributed by atoms with Crippen LogP contribution in [0.1, 0.15) is 37.4 Å². The monoisotopic (exact) mass is 257 g/mol. The average Bonchev–Trinajstić information content (AvgIpc) is 2.85. The highest BCUT2D eigenvalue weighted by molar-refractivity contribution is 7.89. The Bertz CT molecular complexity index is 493. The molecular formula is C11H19N3O2S. The third-order valence-electron chi connectivity index (χ3n) is 3.38. The van der Waals surface area contributed by atoms with Crippen LogP contribution in [0.25, 0.3) is 0 Å². The van der Waals surface area contributed by atoms with Crippen LogP contribution in [0.15, 0.2) is 6.20 Å². The first kappa shape index (κ1) is 12.6. The van der Waals surface area contributed by atoms with Crippen LogP contribution in [0.3, 0.4) is 0 Å². The Morgan fingerprint density at radius 2 is 2.24 bits per heavy atom. The molecule has 0 aliphatic carbocycles. The van der Waals surface area contributed by atoms with E-state index in [1.807, 2.05) is 6.92 Å². The second-order valence-electron chi connectivity index (χ2n) is 4.90. The zero-order valence-corrected chi connectivity index (χ0v) is 11.3. The van der Waals surface area contributed by atoms with Crippen molar-refractivity contribution < 1.29 is 8.42 Å². The van der Waals surface area contributed by atoms with E-state index in [0.717, 1.165) is 17.7 Å². The van der Waals surface area contributed by atoms with Gasteiger partial charge in [-0.2, -0.15) is 5.10 Å². The standard InChI is InChI=1S/C11H19N3O2S/c1-8(2)17(15,16)14-5-4-10(7-14)11-9(3)6-12-13-11/h6,8,10H,4-5,7H2,1-3H3,(H,12,13). The minimum atomic E-state index is -3.11. The van der Waals surface area contributed by atoms with Gasteiger partial charge in [-0.3, -0.25) is 5.10 Å². The topological polar surface area (TPSA) is 66.1 Å². The Hall–Kier alpha value is -0.880. The Balaban J connectivity index is 2.14. The summed E-state index contributed by atoms with van der Waals surface area (Å²) >= 11 is 0. The molecule has 1 aliphatic rings. The number of aryl methyl sites for hydroxylation is 1. The lowest BCUT2D eigenvalue weighted by Gasteiger charge is -2.19. The Labute approximate surface area is 102 Å². The molecule has 17 heavy (non-hydrogen) atoms. The summed E-state index contributed by atoms with van der Waals surface area (Å²) in [7, 11) is -3.11. The normalized spacial score (nSPS) is 22.5. The van der Waals surface area contributed by atoms with Crippen LogP contribution in [0.4, 0.5) is 0 Å². The minimum Gasteiger partial charge on any atom is -0.282 e. The zero-order chi connectivity index (χ0) is 12.6. The van der Waals surface area contributed by atoms with E-state index in [1.54, 1.807) is 24.3 Å². The number of aromatic amines is 1. The molecule has 5 nitrogen and oxygen atoms in total. The molecular weight excluding hydrogens is 238 g/mol. The van der Waals surface area contributed by atoms with E-state index in [0.29, 0.717) is 13.1 Å². The number of nitrogens with one attached hydrogen (secondary N) is 1. The molecule has 0 saturated carbocycles. The van der Waals surface area contributed by atoms with Crippen molar-refractivity contribution in [3.8, 4) is 0 Å². The van der Waals surface area contributed by atoms with E-state index in [4.69, 9.17) is 0 Å². The smallest absolute Gasteiger partial charge is 0.216 e. The van der Waals surface area contributed by atoms with Gasteiger partial charge in [-0.25, -0.2) is 12.7 Å². The lowest BCUT2D eigenvalue weighted by molar-refractivity contribution is 0.464. The summed E-state index contributed by atoms with van der Waals surface area (Å²) in [6.45, 7) is 6.64. The average molecular weight is 257 g/mol. The lowest BCUT2D eigenvalue weighted by atomic mass is 10.0. The van der Waals surface area contributed by atoms with Crippen molar-refractivity contribution in [2.24, 2.45) is 0 Å². The number of hydrogen-bond donors (Lipinski definition) is 1. The molecule has 1 fully saturated rings. The number of hydrogen-bond acceptors (Lipinski definition) is 3. The molecule has 6 heteroatoms. The highest BCUT2D eigenvalue weighted by Crippen LogP contribution is 2.30. The van der Waals surface area contributed by atoms with Gasteiger partial charge in [-0.05, 0) is 32.8 Å². The van der Waals surface area contributed by atoms with Gasteiger partial charge in [0, 0.05) is 24.7 Å². The first-order chi connectivity index (χ1) is 7.93. The number of aromatic nitrogens is 2. The molecule has 1 aromatic rings. The van der Waals surface area contributed by atoms with Crippen molar-refractivity contribution in [2.75, 3.05) is 13.1 Å². The highest BCUT2D eigenvalue weighted by Gasteiger charge is 2.34. The van der Waals surface area contributed by atoms with Crippen LogP contribution in [-0.4, -0.2) is 41.3 Å². The van der Waals surface area contributed by atoms with Gasteiger partial charge < -0.3 is 0 Å². The molecule has 1 saturated heterocycles. The Morgan fingerprint density at radius 1 is 1.53 bits per heavy atom. The quantitative estimate of drug-likeness (QED) is 0.886. The van der Waals surface area contributed by atoms with Gasteiger partial charge in [-0.1, -0.05) is 0 Å². The van der Waals surface area contributed by atoms with Crippen LogP contribution in [0, 0.1) is 6.92 Å². The Morgan fingerprint density at radius 3 is 2.76 bits per heavy atom. The van der Waals surface area contributed by atoms with Crippen LogP contribution < -0.4 is 0 Å². The first-order valence-corrected chi connectivity index (χ1v) is 7.42. The fourth-order valence-electron chi connectivity index (χ4n) is 2.26. The molecule has 0 aromatic carbocycles. The lowest BCUT2D eigenvalue weighted by Crippen LogP contribution is -2.34. The molecule has 2 heterocycles. The third-order valence-corrected chi connectivity index (χ3v) is 5.63. The first-order valence-electron chi connectivity index (χ1n) is 5.91. The van der Waals surface area contributed by atoms with Crippen molar-refractivity contribution >= 4 is 10.0 Å². The van der Waals surface area contributed by atoms with Crippen molar-refractivity contribution in [2.45, 2.75) is 38.4 Å². The fourth-order valence-corrected chi connectivity index (χ4v) is 3.61.